The normalized spacial score (nSPS) is 22.7. The summed E-state index contributed by atoms with van der Waals surface area (Å²) in [6, 6.07) is 6.69. The fraction of sp³-hybridized carbons (Fsp3) is 0.273. The van der Waals surface area contributed by atoms with Gasteiger partial charge in [-0.2, -0.15) is 0 Å². The van der Waals surface area contributed by atoms with Crippen LogP contribution in [-0.4, -0.2) is 19.8 Å². The second kappa shape index (κ2) is 6.12. The Morgan fingerprint density at radius 3 is 2.14 bits per heavy atom. The van der Waals surface area contributed by atoms with Crippen LogP contribution in [-0.2, 0) is 5.66 Å². The summed E-state index contributed by atoms with van der Waals surface area (Å²) < 4.78 is -3.80. The number of amidine groups is 1. The molecule has 1 aromatic rings. The van der Waals surface area contributed by atoms with Crippen LogP contribution in [0.5, 0.6) is 0 Å². The van der Waals surface area contributed by atoms with Gasteiger partial charge >= 0.3 is 0 Å². The lowest BCUT2D eigenvalue weighted by molar-refractivity contribution is 0.475. The van der Waals surface area contributed by atoms with Crippen molar-refractivity contribution in [1.82, 2.24) is 5.32 Å². The lowest BCUT2D eigenvalue weighted by atomic mass is 10.0. The fourth-order valence-electron chi connectivity index (χ4n) is 1.72. The zero-order valence-corrected chi connectivity index (χ0v) is 15.2. The van der Waals surface area contributed by atoms with Crippen molar-refractivity contribution in [3.8, 4) is 0 Å². The molecule has 0 aliphatic carbocycles. The number of aliphatic imine (C=N–C) groups is 2. The first-order chi connectivity index (χ1) is 9.58. The van der Waals surface area contributed by atoms with E-state index in [0.717, 1.165) is 0 Å². The molecule has 0 radical (unpaired) electrons. The number of nitrogens with zero attached hydrogens (tertiary/aromatic N) is 2. The van der Waals surface area contributed by atoms with Crippen LogP contribution in [0.25, 0.3) is 0 Å². The van der Waals surface area contributed by atoms with E-state index in [-0.39, 0.29) is 5.84 Å². The Balaban J connectivity index is 2.71. The van der Waals surface area contributed by atoms with Gasteiger partial charge in [0.05, 0.1) is 6.34 Å². The predicted molar refractivity (Wildman–Crippen MR) is 92.8 cm³/mol. The maximum Gasteiger partial charge on any atom is 0.247 e. The molecule has 0 bridgehead atoms. The summed E-state index contributed by atoms with van der Waals surface area (Å²) >= 11 is 41.9. The van der Waals surface area contributed by atoms with E-state index in [1.54, 1.807) is 24.3 Å². The van der Waals surface area contributed by atoms with Crippen LogP contribution in [0, 0.1) is 0 Å². The number of hydrogen-bond acceptors (Lipinski definition) is 3. The lowest BCUT2D eigenvalue weighted by Crippen LogP contribution is -2.47. The number of hydrogen-bond donors (Lipinski definition) is 1. The van der Waals surface area contributed by atoms with Gasteiger partial charge in [-0.3, -0.25) is 0 Å². The molecule has 1 N–H and O–H groups in total. The highest BCUT2D eigenvalue weighted by Gasteiger charge is 2.53. The average molecular weight is 428 g/mol. The second-order valence-electron chi connectivity index (χ2n) is 4.01. The number of nitrogens with one attached hydrogen (secondary N) is 1. The molecule has 1 aliphatic rings. The molecule has 21 heavy (non-hydrogen) atoms. The summed E-state index contributed by atoms with van der Waals surface area (Å²) in [5.41, 5.74) is -1.29. The van der Waals surface area contributed by atoms with E-state index in [1.807, 2.05) is 0 Å². The Bertz CT molecular complexity index is 603. The molecule has 1 heterocycles. The van der Waals surface area contributed by atoms with Crippen molar-refractivity contribution in [2.75, 3.05) is 0 Å². The van der Waals surface area contributed by atoms with Gasteiger partial charge in [-0.05, 0) is 6.07 Å². The van der Waals surface area contributed by atoms with Crippen molar-refractivity contribution in [2.45, 2.75) is 13.2 Å². The van der Waals surface area contributed by atoms with Crippen molar-refractivity contribution in [2.24, 2.45) is 9.98 Å². The molecule has 10 heteroatoms. The molecule has 1 aliphatic heterocycles. The first-order valence-electron chi connectivity index (χ1n) is 5.37. The Kier molecular flexibility index (Phi) is 5.17. The molecule has 1 atom stereocenters. The molecular formula is C11H6Cl7N3. The van der Waals surface area contributed by atoms with Crippen LogP contribution in [0.1, 0.15) is 5.56 Å². The highest BCUT2D eigenvalue weighted by molar-refractivity contribution is 6.77. The van der Waals surface area contributed by atoms with Gasteiger partial charge in [0, 0.05) is 10.6 Å². The van der Waals surface area contributed by atoms with Gasteiger partial charge < -0.3 is 5.32 Å². The van der Waals surface area contributed by atoms with E-state index in [9.17, 15) is 0 Å². The number of alkyl halides is 6. The summed E-state index contributed by atoms with van der Waals surface area (Å²) in [6.07, 6.45) is 1.25. The smallest absolute Gasteiger partial charge is 0.247 e. The van der Waals surface area contributed by atoms with E-state index in [1.165, 1.54) is 6.34 Å². The first-order valence-corrected chi connectivity index (χ1v) is 8.01. The number of halogens is 7. The molecular weight excluding hydrogens is 422 g/mol. The summed E-state index contributed by atoms with van der Waals surface area (Å²) in [7, 11) is 0. The van der Waals surface area contributed by atoms with E-state index in [2.05, 4.69) is 15.3 Å². The lowest BCUT2D eigenvalue weighted by Gasteiger charge is -2.36. The summed E-state index contributed by atoms with van der Waals surface area (Å²) in [5.74, 6) is -0.0336. The van der Waals surface area contributed by atoms with Gasteiger partial charge in [0.15, 0.2) is 5.84 Å². The Morgan fingerprint density at radius 1 is 1.00 bits per heavy atom. The molecule has 0 saturated heterocycles. The Hall–Kier alpha value is 0.390. The van der Waals surface area contributed by atoms with Gasteiger partial charge in [-0.1, -0.05) is 99.4 Å². The molecule has 0 amide bonds. The third kappa shape index (κ3) is 3.50. The fourth-order valence-corrected chi connectivity index (χ4v) is 2.85. The number of rotatable bonds is 1. The monoisotopic (exact) mass is 425 g/mol. The van der Waals surface area contributed by atoms with Crippen LogP contribution in [0.2, 0.25) is 5.02 Å². The van der Waals surface area contributed by atoms with Crippen molar-refractivity contribution in [3.05, 3.63) is 34.9 Å². The molecule has 0 fully saturated rings. The van der Waals surface area contributed by atoms with Gasteiger partial charge in [-0.15, -0.1) is 0 Å². The zero-order valence-electron chi connectivity index (χ0n) is 9.93. The van der Waals surface area contributed by atoms with Gasteiger partial charge in [0.2, 0.25) is 13.2 Å². The molecule has 0 saturated carbocycles. The van der Waals surface area contributed by atoms with E-state index < -0.39 is 13.2 Å². The maximum absolute atomic E-state index is 6.18. The quantitative estimate of drug-likeness (QED) is 0.609. The number of benzene rings is 1. The highest BCUT2D eigenvalue weighted by Crippen LogP contribution is 2.51. The van der Waals surface area contributed by atoms with Crippen LogP contribution >= 0.6 is 81.2 Å². The minimum absolute atomic E-state index is 0.0336. The SMILES string of the molecule is Clc1ccccc1C1(C(Cl)(Cl)Cl)N=CNC(C(Cl)(Cl)Cl)=N1. The van der Waals surface area contributed by atoms with E-state index in [0.29, 0.717) is 10.6 Å². The van der Waals surface area contributed by atoms with Gasteiger partial charge in [0.1, 0.15) is 0 Å². The zero-order chi connectivity index (χ0) is 15.9. The predicted octanol–water partition coefficient (Wildman–Crippen LogP) is 5.26. The summed E-state index contributed by atoms with van der Waals surface area (Å²) in [4.78, 5) is 8.37. The summed E-state index contributed by atoms with van der Waals surface area (Å²) in [5, 5.41) is 2.93. The third-order valence-corrected chi connectivity index (χ3v) is 4.30. The van der Waals surface area contributed by atoms with E-state index in [4.69, 9.17) is 81.2 Å². The molecule has 1 aromatic carbocycles. The molecule has 1 unspecified atom stereocenters. The molecule has 0 aromatic heterocycles. The highest BCUT2D eigenvalue weighted by atomic mass is 35.6. The molecule has 114 valence electrons. The first kappa shape index (κ1) is 17.7. The largest absolute Gasteiger partial charge is 0.331 e. The van der Waals surface area contributed by atoms with Crippen molar-refractivity contribution >= 4 is 93.4 Å². The Morgan fingerprint density at radius 2 is 1.62 bits per heavy atom. The van der Waals surface area contributed by atoms with Crippen molar-refractivity contribution < 1.29 is 0 Å². The van der Waals surface area contributed by atoms with Crippen LogP contribution in [0.4, 0.5) is 0 Å². The molecule has 0 spiro atoms. The van der Waals surface area contributed by atoms with Crippen LogP contribution < -0.4 is 5.32 Å². The van der Waals surface area contributed by atoms with Crippen molar-refractivity contribution in [3.63, 3.8) is 0 Å². The minimum atomic E-state index is -1.96. The standard InChI is InChI=1S/C11H6Cl7N3/c12-7-4-2-1-3-6(7)9(11(16,17)18)20-5-19-8(21-9)10(13,14)15/h1-5H,(H,19,20,21). The van der Waals surface area contributed by atoms with E-state index >= 15 is 0 Å². The summed E-state index contributed by atoms with van der Waals surface area (Å²) in [6.45, 7) is 0. The topological polar surface area (TPSA) is 36.8 Å². The molecule has 3 nitrogen and oxygen atoms in total. The Labute approximate surface area is 156 Å². The third-order valence-electron chi connectivity index (χ3n) is 2.64. The average Bonchev–Trinajstić information content (AvgIpc) is 2.37. The molecule has 2 rings (SSSR count). The van der Waals surface area contributed by atoms with Gasteiger partial charge in [0.25, 0.3) is 0 Å². The maximum atomic E-state index is 6.18. The van der Waals surface area contributed by atoms with Crippen LogP contribution in [0.15, 0.2) is 34.3 Å². The van der Waals surface area contributed by atoms with Gasteiger partial charge in [-0.25, -0.2) is 9.98 Å². The minimum Gasteiger partial charge on any atom is -0.331 e. The van der Waals surface area contributed by atoms with Crippen LogP contribution in [0.3, 0.4) is 0 Å². The van der Waals surface area contributed by atoms with Crippen molar-refractivity contribution in [1.29, 1.82) is 0 Å². The second-order valence-corrected chi connectivity index (χ2v) is 8.98.